The number of nitrogens with one attached hydrogen (secondary N) is 1. The summed E-state index contributed by atoms with van der Waals surface area (Å²) in [7, 11) is 0. The Balaban J connectivity index is 2.26. The van der Waals surface area contributed by atoms with Crippen molar-refractivity contribution in [1.82, 2.24) is 15.3 Å². The first-order chi connectivity index (χ1) is 9.76. The van der Waals surface area contributed by atoms with Crippen molar-refractivity contribution in [3.8, 4) is 10.7 Å². The molecule has 2 aromatic rings. The molecule has 3 nitrogen and oxygen atoms in total. The predicted octanol–water partition coefficient (Wildman–Crippen LogP) is 4.31. The highest BCUT2D eigenvalue weighted by Crippen LogP contribution is 2.31. The number of halogens is 1. The second-order valence-electron chi connectivity index (χ2n) is 4.65. The van der Waals surface area contributed by atoms with Gasteiger partial charge < -0.3 is 5.32 Å². The maximum Gasteiger partial charge on any atom is 0.143 e. The number of thiazole rings is 1. The largest absolute Gasteiger partial charge is 0.312 e. The molecule has 20 heavy (non-hydrogen) atoms. The fraction of sp³-hybridized carbons (Fsp3) is 0.467. The number of hydrogen-bond donors (Lipinski definition) is 1. The Morgan fingerprint density at radius 2 is 2.15 bits per heavy atom. The molecule has 0 saturated carbocycles. The van der Waals surface area contributed by atoms with Crippen molar-refractivity contribution in [2.24, 2.45) is 0 Å². The molecule has 0 aliphatic rings. The smallest absolute Gasteiger partial charge is 0.143 e. The molecule has 108 valence electrons. The average Bonchev–Trinajstić information content (AvgIpc) is 2.83. The van der Waals surface area contributed by atoms with E-state index in [1.807, 2.05) is 12.1 Å². The summed E-state index contributed by atoms with van der Waals surface area (Å²) in [5.74, 6) is 0. The van der Waals surface area contributed by atoms with E-state index in [2.05, 4.69) is 24.1 Å². The van der Waals surface area contributed by atoms with Gasteiger partial charge in [0.2, 0.25) is 0 Å². The lowest BCUT2D eigenvalue weighted by atomic mass is 10.2. The topological polar surface area (TPSA) is 37.8 Å². The van der Waals surface area contributed by atoms with E-state index in [1.54, 1.807) is 17.5 Å². The van der Waals surface area contributed by atoms with Crippen LogP contribution >= 0.6 is 22.9 Å². The number of aromatic nitrogens is 2. The summed E-state index contributed by atoms with van der Waals surface area (Å²) in [6.07, 6.45) is 5.00. The lowest BCUT2D eigenvalue weighted by Gasteiger charge is -2.02. The van der Waals surface area contributed by atoms with Gasteiger partial charge in [-0.2, -0.15) is 0 Å². The van der Waals surface area contributed by atoms with E-state index in [4.69, 9.17) is 16.6 Å². The van der Waals surface area contributed by atoms with Crippen LogP contribution in [0.4, 0.5) is 0 Å². The van der Waals surface area contributed by atoms with Crippen LogP contribution in [0.3, 0.4) is 0 Å². The number of rotatable bonds is 7. The molecule has 2 rings (SSSR count). The second-order valence-corrected chi connectivity index (χ2v) is 6.14. The first-order valence-electron chi connectivity index (χ1n) is 7.06. The molecular formula is C15H20ClN3S. The molecule has 5 heteroatoms. The van der Waals surface area contributed by atoms with E-state index in [1.165, 1.54) is 10.6 Å². The highest BCUT2D eigenvalue weighted by atomic mass is 35.5. The molecule has 0 aliphatic heterocycles. The van der Waals surface area contributed by atoms with E-state index in [9.17, 15) is 0 Å². The van der Waals surface area contributed by atoms with Crippen LogP contribution in [0.25, 0.3) is 10.7 Å². The van der Waals surface area contributed by atoms with Gasteiger partial charge in [0, 0.05) is 17.6 Å². The number of pyridine rings is 1. The highest BCUT2D eigenvalue weighted by Gasteiger charge is 2.14. The first kappa shape index (κ1) is 15.4. The van der Waals surface area contributed by atoms with Crippen LogP contribution in [0.15, 0.2) is 18.3 Å². The molecule has 2 heterocycles. The quantitative estimate of drug-likeness (QED) is 0.774. The van der Waals surface area contributed by atoms with Crippen LogP contribution < -0.4 is 5.32 Å². The molecule has 0 aromatic carbocycles. The molecule has 0 spiro atoms. The minimum atomic E-state index is 0.664. The Hall–Kier alpha value is -0.970. The van der Waals surface area contributed by atoms with Gasteiger partial charge in [-0.3, -0.25) is 4.98 Å². The van der Waals surface area contributed by atoms with Gasteiger partial charge in [-0.05, 0) is 31.5 Å². The molecule has 0 amide bonds. The van der Waals surface area contributed by atoms with Crippen LogP contribution in [0.2, 0.25) is 5.02 Å². The van der Waals surface area contributed by atoms with Crippen molar-refractivity contribution in [2.75, 3.05) is 6.54 Å². The normalized spacial score (nSPS) is 10.9. The monoisotopic (exact) mass is 309 g/mol. The van der Waals surface area contributed by atoms with Gasteiger partial charge in [-0.15, -0.1) is 11.3 Å². The fourth-order valence-corrected chi connectivity index (χ4v) is 3.33. The molecule has 2 aromatic heterocycles. The summed E-state index contributed by atoms with van der Waals surface area (Å²) in [5.41, 5.74) is 1.97. The Kier molecular flexibility index (Phi) is 5.95. The van der Waals surface area contributed by atoms with Crippen molar-refractivity contribution in [3.63, 3.8) is 0 Å². The third-order valence-electron chi connectivity index (χ3n) is 2.94. The molecule has 1 N–H and O–H groups in total. The standard InChI is InChI=1S/C15H20ClN3S/c1-3-6-12-13(10-17-8-4-2)20-15(19-12)14-11(16)7-5-9-18-14/h5,7,9,17H,3-4,6,8,10H2,1-2H3. The van der Waals surface area contributed by atoms with Crippen LogP contribution in [0.1, 0.15) is 37.3 Å². The maximum atomic E-state index is 6.21. The van der Waals surface area contributed by atoms with Crippen molar-refractivity contribution >= 4 is 22.9 Å². The summed E-state index contributed by atoms with van der Waals surface area (Å²) in [6, 6.07) is 3.70. The Labute approximate surface area is 129 Å². The van der Waals surface area contributed by atoms with Crippen LogP contribution in [-0.4, -0.2) is 16.5 Å². The summed E-state index contributed by atoms with van der Waals surface area (Å²) >= 11 is 7.91. The number of aryl methyl sites for hydroxylation is 1. The van der Waals surface area contributed by atoms with Gasteiger partial charge in [0.05, 0.1) is 10.7 Å². The molecule has 0 unspecified atom stereocenters. The second kappa shape index (κ2) is 7.72. The zero-order chi connectivity index (χ0) is 14.4. The van der Waals surface area contributed by atoms with Crippen molar-refractivity contribution in [2.45, 2.75) is 39.7 Å². The lowest BCUT2D eigenvalue weighted by molar-refractivity contribution is 0.674. The van der Waals surface area contributed by atoms with Crippen molar-refractivity contribution in [3.05, 3.63) is 33.9 Å². The first-order valence-corrected chi connectivity index (χ1v) is 8.25. The predicted molar refractivity (Wildman–Crippen MR) is 86.3 cm³/mol. The summed E-state index contributed by atoms with van der Waals surface area (Å²) in [4.78, 5) is 10.4. The fourth-order valence-electron chi connectivity index (χ4n) is 1.98. The van der Waals surface area contributed by atoms with E-state index in [0.29, 0.717) is 5.02 Å². The third-order valence-corrected chi connectivity index (χ3v) is 4.35. The van der Waals surface area contributed by atoms with E-state index >= 15 is 0 Å². The van der Waals surface area contributed by atoms with E-state index in [0.717, 1.165) is 43.1 Å². The SMILES string of the molecule is CCCNCc1sc(-c2ncccc2Cl)nc1CCC. The Morgan fingerprint density at radius 3 is 2.85 bits per heavy atom. The lowest BCUT2D eigenvalue weighted by Crippen LogP contribution is -2.13. The van der Waals surface area contributed by atoms with Gasteiger partial charge in [0.15, 0.2) is 0 Å². The molecule has 0 radical (unpaired) electrons. The van der Waals surface area contributed by atoms with E-state index < -0.39 is 0 Å². The van der Waals surface area contributed by atoms with Gasteiger partial charge in [-0.25, -0.2) is 4.98 Å². The van der Waals surface area contributed by atoms with Crippen LogP contribution in [-0.2, 0) is 13.0 Å². The Bertz CT molecular complexity index is 554. The highest BCUT2D eigenvalue weighted by molar-refractivity contribution is 7.15. The van der Waals surface area contributed by atoms with Gasteiger partial charge in [0.1, 0.15) is 10.7 Å². The van der Waals surface area contributed by atoms with E-state index in [-0.39, 0.29) is 0 Å². The zero-order valence-electron chi connectivity index (χ0n) is 11.9. The summed E-state index contributed by atoms with van der Waals surface area (Å²) < 4.78 is 0. The van der Waals surface area contributed by atoms with Crippen molar-refractivity contribution in [1.29, 1.82) is 0 Å². The van der Waals surface area contributed by atoms with Crippen LogP contribution in [0, 0.1) is 0 Å². The molecular weight excluding hydrogens is 290 g/mol. The minimum Gasteiger partial charge on any atom is -0.312 e. The Morgan fingerprint density at radius 1 is 1.30 bits per heavy atom. The average molecular weight is 310 g/mol. The minimum absolute atomic E-state index is 0.664. The molecule has 0 aliphatic carbocycles. The molecule has 0 fully saturated rings. The van der Waals surface area contributed by atoms with Crippen molar-refractivity contribution < 1.29 is 0 Å². The maximum absolute atomic E-state index is 6.21. The number of hydrogen-bond acceptors (Lipinski definition) is 4. The third kappa shape index (κ3) is 3.78. The zero-order valence-corrected chi connectivity index (χ0v) is 13.5. The van der Waals surface area contributed by atoms with Gasteiger partial charge >= 0.3 is 0 Å². The molecule has 0 bridgehead atoms. The van der Waals surface area contributed by atoms with Gasteiger partial charge in [0.25, 0.3) is 0 Å². The summed E-state index contributed by atoms with van der Waals surface area (Å²) in [6.45, 7) is 6.26. The molecule has 0 saturated heterocycles. The van der Waals surface area contributed by atoms with Crippen LogP contribution in [0.5, 0.6) is 0 Å². The summed E-state index contributed by atoms with van der Waals surface area (Å²) in [5, 5.41) is 5.03. The van der Waals surface area contributed by atoms with Gasteiger partial charge in [-0.1, -0.05) is 31.9 Å². The molecule has 0 atom stereocenters. The number of nitrogens with zero attached hydrogens (tertiary/aromatic N) is 2.